The van der Waals surface area contributed by atoms with Gasteiger partial charge in [-0.1, -0.05) is 0 Å². The Morgan fingerprint density at radius 3 is 2.30 bits per heavy atom. The van der Waals surface area contributed by atoms with Gasteiger partial charge in [-0.05, 0) is 42.0 Å². The van der Waals surface area contributed by atoms with Crippen molar-refractivity contribution in [3.05, 3.63) is 59.4 Å². The van der Waals surface area contributed by atoms with Crippen molar-refractivity contribution in [2.24, 2.45) is 0 Å². The summed E-state index contributed by atoms with van der Waals surface area (Å²) >= 11 is 0. The Labute approximate surface area is 113 Å². The zero-order chi connectivity index (χ0) is 14.9. The molecule has 0 saturated carbocycles. The highest BCUT2D eigenvalue weighted by Crippen LogP contribution is 2.22. The molecule has 0 bridgehead atoms. The van der Waals surface area contributed by atoms with E-state index in [9.17, 15) is 21.6 Å². The van der Waals surface area contributed by atoms with Crippen molar-refractivity contribution >= 4 is 15.5 Å². The summed E-state index contributed by atoms with van der Waals surface area (Å²) in [4.78, 5) is -0.764. The van der Waals surface area contributed by atoms with E-state index in [0.717, 1.165) is 24.3 Å². The first-order valence-electron chi connectivity index (χ1n) is 5.51. The number of sulfone groups is 1. The maximum atomic E-state index is 13.5. The summed E-state index contributed by atoms with van der Waals surface area (Å²) in [5, 5.41) is 0. The number of nitrogen functional groups attached to an aromatic ring is 1. The monoisotopic (exact) mass is 301 g/mol. The van der Waals surface area contributed by atoms with E-state index < -0.39 is 37.9 Å². The summed E-state index contributed by atoms with van der Waals surface area (Å²) < 4.78 is 63.7. The van der Waals surface area contributed by atoms with E-state index in [-0.39, 0.29) is 11.3 Å². The second-order valence-corrected chi connectivity index (χ2v) is 6.18. The van der Waals surface area contributed by atoms with Gasteiger partial charge in [0.2, 0.25) is 0 Å². The number of anilines is 1. The molecule has 0 aliphatic rings. The van der Waals surface area contributed by atoms with Crippen LogP contribution in [0.25, 0.3) is 0 Å². The van der Waals surface area contributed by atoms with Gasteiger partial charge >= 0.3 is 0 Å². The minimum absolute atomic E-state index is 0.0508. The predicted octanol–water partition coefficient (Wildman–Crippen LogP) is 2.66. The van der Waals surface area contributed by atoms with E-state index in [1.165, 1.54) is 6.07 Å². The molecule has 0 fully saturated rings. The van der Waals surface area contributed by atoms with Crippen LogP contribution >= 0.6 is 0 Å². The van der Waals surface area contributed by atoms with Gasteiger partial charge in [-0.2, -0.15) is 0 Å². The Balaban J connectivity index is 2.43. The van der Waals surface area contributed by atoms with Crippen LogP contribution in [0.2, 0.25) is 0 Å². The molecular formula is C13H10F3NO2S. The third-order valence-electron chi connectivity index (χ3n) is 2.56. The molecule has 0 aliphatic heterocycles. The third-order valence-corrected chi connectivity index (χ3v) is 4.26. The molecule has 20 heavy (non-hydrogen) atoms. The van der Waals surface area contributed by atoms with Gasteiger partial charge in [0.1, 0.15) is 22.3 Å². The van der Waals surface area contributed by atoms with E-state index in [4.69, 9.17) is 5.73 Å². The normalized spacial score (nSPS) is 11.6. The SMILES string of the molecule is Nc1cc(F)cc(CS(=O)(=O)c2cc(F)ccc2F)c1. The van der Waals surface area contributed by atoms with Gasteiger partial charge < -0.3 is 5.73 Å². The van der Waals surface area contributed by atoms with Crippen LogP contribution in [0.3, 0.4) is 0 Å². The van der Waals surface area contributed by atoms with Gasteiger partial charge in [-0.3, -0.25) is 0 Å². The largest absolute Gasteiger partial charge is 0.399 e. The summed E-state index contributed by atoms with van der Waals surface area (Å²) in [5.74, 6) is -3.30. The fourth-order valence-corrected chi connectivity index (χ4v) is 3.19. The number of halogens is 3. The molecule has 0 radical (unpaired) electrons. The van der Waals surface area contributed by atoms with E-state index in [1.54, 1.807) is 0 Å². The number of rotatable bonds is 3. The third kappa shape index (κ3) is 3.11. The molecule has 106 valence electrons. The zero-order valence-corrected chi connectivity index (χ0v) is 10.9. The minimum atomic E-state index is -4.14. The minimum Gasteiger partial charge on any atom is -0.399 e. The Morgan fingerprint density at radius 1 is 0.950 bits per heavy atom. The standard InChI is InChI=1S/C13H10F3NO2S/c14-9-1-2-12(16)13(6-9)20(18,19)7-8-3-10(15)5-11(17)4-8/h1-6H,7,17H2. The average molecular weight is 301 g/mol. The number of hydrogen-bond acceptors (Lipinski definition) is 3. The molecule has 0 amide bonds. The molecule has 0 saturated heterocycles. The molecule has 0 aliphatic carbocycles. The topological polar surface area (TPSA) is 60.2 Å². The second-order valence-electron chi connectivity index (χ2n) is 4.23. The summed E-state index contributed by atoms with van der Waals surface area (Å²) in [6.45, 7) is 0. The smallest absolute Gasteiger partial charge is 0.185 e. The molecule has 0 spiro atoms. The lowest BCUT2D eigenvalue weighted by Gasteiger charge is -2.07. The van der Waals surface area contributed by atoms with Gasteiger partial charge in [0.15, 0.2) is 9.84 Å². The first-order valence-corrected chi connectivity index (χ1v) is 7.16. The van der Waals surface area contributed by atoms with Crippen molar-refractivity contribution in [3.8, 4) is 0 Å². The van der Waals surface area contributed by atoms with Crippen LogP contribution in [0.1, 0.15) is 5.56 Å². The summed E-state index contributed by atoms with van der Waals surface area (Å²) in [6.07, 6.45) is 0. The molecule has 0 heterocycles. The highest BCUT2D eigenvalue weighted by Gasteiger charge is 2.21. The lowest BCUT2D eigenvalue weighted by molar-refractivity contribution is 0.552. The Bertz CT molecular complexity index is 740. The Morgan fingerprint density at radius 2 is 1.65 bits per heavy atom. The molecule has 7 heteroatoms. The first-order chi connectivity index (χ1) is 9.28. The highest BCUT2D eigenvalue weighted by atomic mass is 32.2. The maximum Gasteiger partial charge on any atom is 0.185 e. The van der Waals surface area contributed by atoms with E-state index >= 15 is 0 Å². The molecule has 2 rings (SSSR count). The van der Waals surface area contributed by atoms with Gasteiger partial charge in [-0.15, -0.1) is 0 Å². The highest BCUT2D eigenvalue weighted by molar-refractivity contribution is 7.90. The first kappa shape index (κ1) is 14.4. The van der Waals surface area contributed by atoms with E-state index in [0.29, 0.717) is 6.07 Å². The number of hydrogen-bond donors (Lipinski definition) is 1. The van der Waals surface area contributed by atoms with E-state index in [1.807, 2.05) is 0 Å². The van der Waals surface area contributed by atoms with Gasteiger partial charge in [0.05, 0.1) is 5.75 Å². The fourth-order valence-electron chi connectivity index (χ4n) is 1.77. The average Bonchev–Trinajstić information content (AvgIpc) is 2.30. The lowest BCUT2D eigenvalue weighted by Crippen LogP contribution is -2.08. The Hall–Kier alpha value is -2.02. The van der Waals surface area contributed by atoms with Crippen LogP contribution in [0, 0.1) is 17.5 Å². The molecule has 0 atom stereocenters. The molecule has 2 aromatic carbocycles. The van der Waals surface area contributed by atoms with Crippen molar-refractivity contribution in [1.82, 2.24) is 0 Å². The predicted molar refractivity (Wildman–Crippen MR) is 68.1 cm³/mol. The fraction of sp³-hybridized carbons (Fsp3) is 0.0769. The van der Waals surface area contributed by atoms with Crippen molar-refractivity contribution in [2.75, 3.05) is 5.73 Å². The quantitative estimate of drug-likeness (QED) is 0.887. The molecule has 0 unspecified atom stereocenters. The molecule has 2 N–H and O–H groups in total. The van der Waals surface area contributed by atoms with Crippen molar-refractivity contribution < 1.29 is 21.6 Å². The van der Waals surface area contributed by atoms with Gasteiger partial charge in [0.25, 0.3) is 0 Å². The van der Waals surface area contributed by atoms with E-state index in [2.05, 4.69) is 0 Å². The van der Waals surface area contributed by atoms with Crippen molar-refractivity contribution in [1.29, 1.82) is 0 Å². The van der Waals surface area contributed by atoms with Crippen LogP contribution in [0.5, 0.6) is 0 Å². The van der Waals surface area contributed by atoms with Crippen LogP contribution in [-0.4, -0.2) is 8.42 Å². The van der Waals surface area contributed by atoms with Gasteiger partial charge in [-0.25, -0.2) is 21.6 Å². The maximum absolute atomic E-state index is 13.5. The van der Waals surface area contributed by atoms with Crippen LogP contribution in [0.15, 0.2) is 41.3 Å². The lowest BCUT2D eigenvalue weighted by atomic mass is 10.2. The van der Waals surface area contributed by atoms with Crippen LogP contribution in [0.4, 0.5) is 18.9 Å². The van der Waals surface area contributed by atoms with Gasteiger partial charge in [0, 0.05) is 5.69 Å². The zero-order valence-electron chi connectivity index (χ0n) is 10.1. The summed E-state index contributed by atoms with van der Waals surface area (Å²) in [7, 11) is -4.14. The molecule has 3 nitrogen and oxygen atoms in total. The number of benzene rings is 2. The summed E-state index contributed by atoms with van der Waals surface area (Å²) in [6, 6.07) is 5.39. The number of nitrogens with two attached hydrogens (primary N) is 1. The summed E-state index contributed by atoms with van der Waals surface area (Å²) in [5.41, 5.74) is 5.51. The van der Waals surface area contributed by atoms with Crippen LogP contribution < -0.4 is 5.73 Å². The second kappa shape index (κ2) is 5.16. The Kier molecular flexibility index (Phi) is 3.71. The molecule has 2 aromatic rings. The van der Waals surface area contributed by atoms with Crippen molar-refractivity contribution in [2.45, 2.75) is 10.6 Å². The molecular weight excluding hydrogens is 291 g/mol. The van der Waals surface area contributed by atoms with Crippen LogP contribution in [-0.2, 0) is 15.6 Å². The molecule has 0 aromatic heterocycles. The van der Waals surface area contributed by atoms with Crippen molar-refractivity contribution in [3.63, 3.8) is 0 Å².